The maximum Gasteiger partial charge on any atom is 0.180 e. The molecule has 2 heterocycles. The van der Waals surface area contributed by atoms with E-state index in [9.17, 15) is 4.79 Å². The molecule has 5 heteroatoms. The third-order valence-electron chi connectivity index (χ3n) is 3.85. The number of carbonyl (C=O) groups excluding carboxylic acids is 1. The van der Waals surface area contributed by atoms with E-state index in [1.165, 1.54) is 11.8 Å². The van der Waals surface area contributed by atoms with Crippen molar-refractivity contribution in [2.24, 2.45) is 0 Å². The Morgan fingerprint density at radius 3 is 2.40 bits per heavy atom. The lowest BCUT2D eigenvalue weighted by atomic mass is 10.0. The second kappa shape index (κ2) is 7.17. The van der Waals surface area contributed by atoms with Crippen molar-refractivity contribution in [3.05, 3.63) is 89.6 Å². The molecule has 0 spiro atoms. The largest absolute Gasteiger partial charge is 0.293 e. The average molecular weight is 362 g/mol. The SMILES string of the molecule is O=C(c1ccccc1)[C@@H](Sc1ncnc2sccc12)c1ccccc1. The van der Waals surface area contributed by atoms with Gasteiger partial charge in [0.25, 0.3) is 0 Å². The van der Waals surface area contributed by atoms with E-state index in [1.807, 2.05) is 72.1 Å². The van der Waals surface area contributed by atoms with Crippen molar-refractivity contribution in [1.82, 2.24) is 9.97 Å². The van der Waals surface area contributed by atoms with Gasteiger partial charge in [-0.1, -0.05) is 72.4 Å². The lowest BCUT2D eigenvalue weighted by Crippen LogP contribution is -2.10. The van der Waals surface area contributed by atoms with Crippen LogP contribution in [0.1, 0.15) is 21.2 Å². The molecule has 0 radical (unpaired) electrons. The van der Waals surface area contributed by atoms with Gasteiger partial charge in [0.15, 0.2) is 5.78 Å². The number of rotatable bonds is 5. The zero-order valence-electron chi connectivity index (χ0n) is 13.2. The van der Waals surface area contributed by atoms with Gasteiger partial charge < -0.3 is 0 Å². The quantitative estimate of drug-likeness (QED) is 0.270. The molecule has 0 amide bonds. The lowest BCUT2D eigenvalue weighted by molar-refractivity contribution is 0.0989. The molecule has 3 nitrogen and oxygen atoms in total. The van der Waals surface area contributed by atoms with Crippen LogP contribution in [0.2, 0.25) is 0 Å². The van der Waals surface area contributed by atoms with Crippen LogP contribution in [-0.2, 0) is 0 Å². The number of fused-ring (bicyclic) bond motifs is 1. The molecule has 0 aliphatic rings. The van der Waals surface area contributed by atoms with E-state index in [2.05, 4.69) is 9.97 Å². The van der Waals surface area contributed by atoms with Crippen molar-refractivity contribution in [2.45, 2.75) is 10.3 Å². The Hall–Kier alpha value is -2.50. The number of benzene rings is 2. The molecule has 0 bridgehead atoms. The molecule has 2 aromatic carbocycles. The van der Waals surface area contributed by atoms with Crippen molar-refractivity contribution in [3.8, 4) is 0 Å². The van der Waals surface area contributed by atoms with Crippen molar-refractivity contribution < 1.29 is 4.79 Å². The standard InChI is InChI=1S/C20H14N2OS2/c23-17(14-7-3-1-4-8-14)18(15-9-5-2-6-10-15)25-20-16-11-12-24-19(16)21-13-22-20/h1-13,18H/t18-/m0/s1. The van der Waals surface area contributed by atoms with Gasteiger partial charge >= 0.3 is 0 Å². The number of thiophene rings is 1. The fourth-order valence-corrected chi connectivity index (χ4v) is 4.58. The van der Waals surface area contributed by atoms with Crippen LogP contribution in [0.25, 0.3) is 10.2 Å². The first kappa shape index (κ1) is 16.0. The topological polar surface area (TPSA) is 42.9 Å². The van der Waals surface area contributed by atoms with E-state index >= 15 is 0 Å². The van der Waals surface area contributed by atoms with Crippen molar-refractivity contribution in [2.75, 3.05) is 0 Å². The highest BCUT2D eigenvalue weighted by Crippen LogP contribution is 2.40. The van der Waals surface area contributed by atoms with Crippen LogP contribution in [-0.4, -0.2) is 15.8 Å². The summed E-state index contributed by atoms with van der Waals surface area (Å²) >= 11 is 3.06. The highest BCUT2D eigenvalue weighted by molar-refractivity contribution is 8.00. The summed E-state index contributed by atoms with van der Waals surface area (Å²) in [6.45, 7) is 0. The Morgan fingerprint density at radius 1 is 0.920 bits per heavy atom. The highest BCUT2D eigenvalue weighted by atomic mass is 32.2. The van der Waals surface area contributed by atoms with E-state index in [4.69, 9.17) is 0 Å². The number of Topliss-reactive ketones (excluding diaryl/α,β-unsaturated/α-hetero) is 1. The predicted octanol–water partition coefficient (Wildman–Crippen LogP) is 5.41. The van der Waals surface area contributed by atoms with E-state index in [1.54, 1.807) is 17.7 Å². The van der Waals surface area contributed by atoms with Crippen LogP contribution in [0.15, 0.2) is 83.5 Å². The Morgan fingerprint density at radius 2 is 1.64 bits per heavy atom. The summed E-state index contributed by atoms with van der Waals surface area (Å²) in [7, 11) is 0. The molecule has 0 N–H and O–H groups in total. The summed E-state index contributed by atoms with van der Waals surface area (Å²) in [6, 6.07) is 21.3. The minimum atomic E-state index is -0.346. The van der Waals surface area contributed by atoms with E-state index in [-0.39, 0.29) is 11.0 Å². The molecule has 122 valence electrons. The van der Waals surface area contributed by atoms with Gasteiger partial charge in [0.2, 0.25) is 0 Å². The summed E-state index contributed by atoms with van der Waals surface area (Å²) in [6.07, 6.45) is 1.57. The lowest BCUT2D eigenvalue weighted by Gasteiger charge is -2.16. The van der Waals surface area contributed by atoms with Crippen LogP contribution in [0.3, 0.4) is 0 Å². The third kappa shape index (κ3) is 3.34. The molecular weight excluding hydrogens is 348 g/mol. The Labute approximate surface area is 153 Å². The van der Waals surface area contributed by atoms with Gasteiger partial charge in [0, 0.05) is 10.9 Å². The van der Waals surface area contributed by atoms with E-state index < -0.39 is 0 Å². The maximum absolute atomic E-state index is 13.2. The van der Waals surface area contributed by atoms with Gasteiger partial charge in [-0.25, -0.2) is 9.97 Å². The molecule has 0 aliphatic carbocycles. The van der Waals surface area contributed by atoms with Crippen molar-refractivity contribution in [3.63, 3.8) is 0 Å². The van der Waals surface area contributed by atoms with Crippen LogP contribution in [0, 0.1) is 0 Å². The molecule has 0 saturated carbocycles. The molecule has 4 rings (SSSR count). The monoisotopic (exact) mass is 362 g/mol. The zero-order valence-corrected chi connectivity index (χ0v) is 14.8. The van der Waals surface area contributed by atoms with Gasteiger partial charge in [-0.3, -0.25) is 4.79 Å². The normalized spacial score (nSPS) is 12.2. The predicted molar refractivity (Wildman–Crippen MR) is 103 cm³/mol. The molecule has 0 unspecified atom stereocenters. The number of hydrogen-bond acceptors (Lipinski definition) is 5. The number of thioether (sulfide) groups is 1. The fraction of sp³-hybridized carbons (Fsp3) is 0.0500. The van der Waals surface area contributed by atoms with Crippen LogP contribution in [0.4, 0.5) is 0 Å². The van der Waals surface area contributed by atoms with Gasteiger partial charge in [-0.05, 0) is 17.0 Å². The molecule has 1 atom stereocenters. The number of nitrogens with zero attached hydrogens (tertiary/aromatic N) is 2. The van der Waals surface area contributed by atoms with Crippen LogP contribution < -0.4 is 0 Å². The first-order valence-corrected chi connectivity index (χ1v) is 9.58. The average Bonchev–Trinajstić information content (AvgIpc) is 3.16. The summed E-state index contributed by atoms with van der Waals surface area (Å²) < 4.78 is 0. The first-order chi connectivity index (χ1) is 12.3. The Kier molecular flexibility index (Phi) is 4.59. The zero-order chi connectivity index (χ0) is 17.1. The third-order valence-corrected chi connectivity index (χ3v) is 5.94. The van der Waals surface area contributed by atoms with Crippen molar-refractivity contribution in [1.29, 1.82) is 0 Å². The minimum Gasteiger partial charge on any atom is -0.293 e. The Balaban J connectivity index is 1.76. The molecule has 0 fully saturated rings. The summed E-state index contributed by atoms with van der Waals surface area (Å²) in [5.41, 5.74) is 1.68. The maximum atomic E-state index is 13.2. The minimum absolute atomic E-state index is 0.0822. The number of hydrogen-bond donors (Lipinski definition) is 0. The van der Waals surface area contributed by atoms with Crippen LogP contribution >= 0.6 is 23.1 Å². The summed E-state index contributed by atoms with van der Waals surface area (Å²) in [4.78, 5) is 22.8. The molecule has 0 saturated heterocycles. The van der Waals surface area contributed by atoms with E-state index in [0.29, 0.717) is 5.56 Å². The van der Waals surface area contributed by atoms with E-state index in [0.717, 1.165) is 20.8 Å². The fourth-order valence-electron chi connectivity index (χ4n) is 2.63. The molecule has 2 aromatic heterocycles. The molecular formula is C20H14N2OS2. The summed E-state index contributed by atoms with van der Waals surface area (Å²) in [5.74, 6) is 0.0822. The highest BCUT2D eigenvalue weighted by Gasteiger charge is 2.24. The number of carbonyl (C=O) groups is 1. The number of ketones is 1. The Bertz CT molecular complexity index is 1000. The summed E-state index contributed by atoms with van der Waals surface area (Å²) in [5, 5.41) is 3.49. The van der Waals surface area contributed by atoms with Gasteiger partial charge in [0.05, 0.1) is 5.25 Å². The smallest absolute Gasteiger partial charge is 0.180 e. The van der Waals surface area contributed by atoms with Crippen LogP contribution in [0.5, 0.6) is 0 Å². The number of aromatic nitrogens is 2. The second-order valence-electron chi connectivity index (χ2n) is 5.46. The van der Waals surface area contributed by atoms with Gasteiger partial charge in [-0.2, -0.15) is 0 Å². The van der Waals surface area contributed by atoms with Gasteiger partial charge in [-0.15, -0.1) is 11.3 Å². The second-order valence-corrected chi connectivity index (χ2v) is 7.45. The molecule has 0 aliphatic heterocycles. The van der Waals surface area contributed by atoms with Crippen molar-refractivity contribution >= 4 is 39.1 Å². The molecule has 4 aromatic rings. The molecule has 25 heavy (non-hydrogen) atoms. The first-order valence-electron chi connectivity index (χ1n) is 7.82. The van der Waals surface area contributed by atoms with Gasteiger partial charge in [0.1, 0.15) is 16.2 Å².